The second kappa shape index (κ2) is 4.63. The van der Waals surface area contributed by atoms with E-state index >= 15 is 0 Å². The van der Waals surface area contributed by atoms with Gasteiger partial charge in [0.05, 0.1) is 4.92 Å². The fraction of sp³-hybridized carbons (Fsp3) is 0.143. The highest BCUT2D eigenvalue weighted by atomic mass is 127. The zero-order valence-corrected chi connectivity index (χ0v) is 9.64. The zero-order valence-electron chi connectivity index (χ0n) is 7.49. The van der Waals surface area contributed by atoms with Crippen molar-refractivity contribution in [3.05, 3.63) is 31.1 Å². The van der Waals surface area contributed by atoms with Gasteiger partial charge in [0.1, 0.15) is 14.8 Å². The van der Waals surface area contributed by atoms with Crippen molar-refractivity contribution >= 4 is 34.2 Å². The number of hydrogen-bond donors (Lipinski definition) is 1. The molecule has 9 heteroatoms. The van der Waals surface area contributed by atoms with E-state index in [0.29, 0.717) is 0 Å². The van der Waals surface area contributed by atoms with E-state index in [1.54, 1.807) is 0 Å². The van der Waals surface area contributed by atoms with E-state index in [0.717, 1.165) is 6.20 Å². The number of nitro groups is 1. The van der Waals surface area contributed by atoms with Gasteiger partial charge in [0.25, 0.3) is 18.0 Å². The van der Waals surface area contributed by atoms with Crippen LogP contribution < -0.4 is 5.73 Å². The summed E-state index contributed by atoms with van der Waals surface area (Å²) in [5.74, 6) is -1.23. The number of rotatable bonds is 3. The van der Waals surface area contributed by atoms with Crippen molar-refractivity contribution in [2.45, 2.75) is 6.43 Å². The molecule has 0 aliphatic heterocycles. The predicted molar refractivity (Wildman–Crippen MR) is 57.1 cm³/mol. The number of nitrogens with two attached hydrogens (primary N) is 1. The minimum Gasteiger partial charge on any atom is -0.364 e. The lowest BCUT2D eigenvalue weighted by molar-refractivity contribution is -0.387. The number of nitrogens with zero attached hydrogens (tertiary/aromatic N) is 2. The number of pyridine rings is 1. The van der Waals surface area contributed by atoms with Crippen molar-refractivity contribution in [1.29, 1.82) is 0 Å². The molecule has 0 saturated carbocycles. The molecule has 1 aromatic rings. The minimum atomic E-state index is -3.19. The summed E-state index contributed by atoms with van der Waals surface area (Å²) < 4.78 is 25.2. The first-order valence-electron chi connectivity index (χ1n) is 3.77. The lowest BCUT2D eigenvalue weighted by Gasteiger charge is -2.06. The van der Waals surface area contributed by atoms with Crippen LogP contribution in [0.5, 0.6) is 0 Å². The first-order chi connectivity index (χ1) is 7.36. The monoisotopic (exact) mass is 343 g/mol. The summed E-state index contributed by atoms with van der Waals surface area (Å²) in [6, 6.07) is 0. The summed E-state index contributed by atoms with van der Waals surface area (Å²) in [6.45, 7) is 0. The average molecular weight is 343 g/mol. The van der Waals surface area contributed by atoms with Crippen LogP contribution >= 0.6 is 22.6 Å². The van der Waals surface area contributed by atoms with Crippen LogP contribution in [-0.4, -0.2) is 15.8 Å². The number of primary amides is 1. The topological polar surface area (TPSA) is 99.1 Å². The van der Waals surface area contributed by atoms with E-state index in [-0.39, 0.29) is 3.57 Å². The summed E-state index contributed by atoms with van der Waals surface area (Å²) in [7, 11) is 0. The van der Waals surface area contributed by atoms with Gasteiger partial charge in [-0.1, -0.05) is 0 Å². The van der Waals surface area contributed by atoms with Gasteiger partial charge in [-0.05, 0) is 22.6 Å². The molecule has 1 heterocycles. The maximum Gasteiger partial charge on any atom is 0.295 e. The maximum absolute atomic E-state index is 12.6. The molecule has 0 fully saturated rings. The number of halogens is 3. The first-order valence-corrected chi connectivity index (χ1v) is 4.84. The predicted octanol–water partition coefficient (Wildman–Crippen LogP) is 1.63. The Morgan fingerprint density at radius 3 is 2.56 bits per heavy atom. The molecule has 0 atom stereocenters. The molecule has 1 amide bonds. The highest BCUT2D eigenvalue weighted by molar-refractivity contribution is 14.1. The number of alkyl halides is 2. The summed E-state index contributed by atoms with van der Waals surface area (Å²) in [5, 5.41) is 10.6. The number of amides is 1. The molecular formula is C7H4F2IN3O3. The Kier molecular flexibility index (Phi) is 3.67. The molecule has 86 valence electrons. The molecule has 0 saturated heterocycles. The number of aromatic nitrogens is 1. The summed E-state index contributed by atoms with van der Waals surface area (Å²) in [5.41, 5.74) is 2.16. The van der Waals surface area contributed by atoms with Crippen molar-refractivity contribution in [2.24, 2.45) is 5.73 Å². The van der Waals surface area contributed by atoms with Crippen molar-refractivity contribution in [3.8, 4) is 0 Å². The molecule has 0 aromatic carbocycles. The second-order valence-electron chi connectivity index (χ2n) is 2.64. The first kappa shape index (κ1) is 12.7. The maximum atomic E-state index is 12.6. The van der Waals surface area contributed by atoms with Gasteiger partial charge in [-0.3, -0.25) is 14.9 Å². The van der Waals surface area contributed by atoms with Crippen LogP contribution in [0.4, 0.5) is 14.5 Å². The SMILES string of the molecule is NC(=O)c1ncc(I)c([N+](=O)[O-])c1C(F)F. The molecule has 1 aromatic heterocycles. The van der Waals surface area contributed by atoms with Gasteiger partial charge < -0.3 is 5.73 Å². The quantitative estimate of drug-likeness (QED) is 0.512. The third kappa shape index (κ3) is 2.23. The van der Waals surface area contributed by atoms with Crippen molar-refractivity contribution in [3.63, 3.8) is 0 Å². The molecule has 0 bridgehead atoms. The number of hydrogen-bond acceptors (Lipinski definition) is 4. The van der Waals surface area contributed by atoms with E-state index in [9.17, 15) is 23.7 Å². The standard InChI is InChI=1S/C7H4F2IN3O3/c8-6(9)3-4(7(11)14)12-1-2(10)5(3)13(15)16/h1,6H,(H2,11,14). The van der Waals surface area contributed by atoms with Crippen LogP contribution in [0.1, 0.15) is 22.5 Å². The molecule has 0 aliphatic rings. The van der Waals surface area contributed by atoms with Crippen LogP contribution in [-0.2, 0) is 0 Å². The molecule has 0 unspecified atom stereocenters. The van der Waals surface area contributed by atoms with Gasteiger partial charge in [0.2, 0.25) is 0 Å². The summed E-state index contributed by atoms with van der Waals surface area (Å²) in [4.78, 5) is 23.8. The Labute approximate surface area is 101 Å². The molecule has 2 N–H and O–H groups in total. The number of carbonyl (C=O) groups is 1. The van der Waals surface area contributed by atoms with Gasteiger partial charge in [0.15, 0.2) is 0 Å². The zero-order chi connectivity index (χ0) is 12.5. The van der Waals surface area contributed by atoms with Gasteiger partial charge in [-0.25, -0.2) is 13.8 Å². The van der Waals surface area contributed by atoms with Crippen LogP contribution in [0.2, 0.25) is 0 Å². The minimum absolute atomic E-state index is 0.0806. The fourth-order valence-electron chi connectivity index (χ4n) is 1.08. The van der Waals surface area contributed by atoms with E-state index < -0.39 is 34.2 Å². The van der Waals surface area contributed by atoms with E-state index in [1.807, 2.05) is 0 Å². The normalized spacial score (nSPS) is 10.5. The molecule has 0 aliphatic carbocycles. The van der Waals surface area contributed by atoms with Crippen LogP contribution in [0, 0.1) is 13.7 Å². The lowest BCUT2D eigenvalue weighted by Crippen LogP contribution is -2.18. The fourth-order valence-corrected chi connectivity index (χ4v) is 1.71. The third-order valence-electron chi connectivity index (χ3n) is 1.68. The summed E-state index contributed by atoms with van der Waals surface area (Å²) >= 11 is 1.49. The van der Waals surface area contributed by atoms with Crippen LogP contribution in [0.15, 0.2) is 6.20 Å². The van der Waals surface area contributed by atoms with Crippen LogP contribution in [0.3, 0.4) is 0 Å². The van der Waals surface area contributed by atoms with Gasteiger partial charge in [-0.2, -0.15) is 0 Å². The molecule has 16 heavy (non-hydrogen) atoms. The molecule has 0 spiro atoms. The van der Waals surface area contributed by atoms with Crippen molar-refractivity contribution < 1.29 is 18.5 Å². The summed E-state index contributed by atoms with van der Waals surface area (Å²) in [6.07, 6.45) is -2.24. The van der Waals surface area contributed by atoms with Gasteiger partial charge in [-0.15, -0.1) is 0 Å². The van der Waals surface area contributed by atoms with E-state index in [2.05, 4.69) is 4.98 Å². The smallest absolute Gasteiger partial charge is 0.295 e. The molecular weight excluding hydrogens is 339 g/mol. The van der Waals surface area contributed by atoms with E-state index in [1.165, 1.54) is 22.6 Å². The average Bonchev–Trinajstić information content (AvgIpc) is 2.15. The largest absolute Gasteiger partial charge is 0.364 e. The Hall–Kier alpha value is -1.39. The molecule has 6 nitrogen and oxygen atoms in total. The molecule has 1 rings (SSSR count). The van der Waals surface area contributed by atoms with Gasteiger partial charge in [0, 0.05) is 6.20 Å². The molecule has 0 radical (unpaired) electrons. The third-order valence-corrected chi connectivity index (χ3v) is 2.47. The highest BCUT2D eigenvalue weighted by Gasteiger charge is 2.31. The number of carbonyl (C=O) groups excluding carboxylic acids is 1. The highest BCUT2D eigenvalue weighted by Crippen LogP contribution is 2.34. The Bertz CT molecular complexity index is 466. The van der Waals surface area contributed by atoms with Gasteiger partial charge >= 0.3 is 0 Å². The second-order valence-corrected chi connectivity index (χ2v) is 3.80. The lowest BCUT2D eigenvalue weighted by atomic mass is 10.1. The van der Waals surface area contributed by atoms with E-state index in [4.69, 9.17) is 5.73 Å². The Morgan fingerprint density at radius 1 is 1.62 bits per heavy atom. The van der Waals surface area contributed by atoms with Crippen molar-refractivity contribution in [2.75, 3.05) is 0 Å². The van der Waals surface area contributed by atoms with Crippen LogP contribution in [0.25, 0.3) is 0 Å². The van der Waals surface area contributed by atoms with Crippen molar-refractivity contribution in [1.82, 2.24) is 4.98 Å². The Balaban J connectivity index is 3.63. The Morgan fingerprint density at radius 2 is 2.19 bits per heavy atom.